The minimum Gasteiger partial charge on any atom is -0.366 e. The first-order valence-corrected chi connectivity index (χ1v) is 7.10. The number of carbonyl (C=O) groups excluding carboxylic acids is 2. The molecule has 1 heterocycles. The Hall–Kier alpha value is -2.35. The summed E-state index contributed by atoms with van der Waals surface area (Å²) >= 11 is 1.22. The van der Waals surface area contributed by atoms with Gasteiger partial charge in [-0.2, -0.15) is 0 Å². The normalized spacial score (nSPS) is 11.9. The van der Waals surface area contributed by atoms with Crippen molar-refractivity contribution in [2.24, 2.45) is 5.73 Å². The number of primary amides is 1. The number of aryl methyl sites for hydroxylation is 1. The molecule has 0 radical (unpaired) electrons. The van der Waals surface area contributed by atoms with E-state index in [2.05, 4.69) is 20.5 Å². The maximum Gasteiger partial charge on any atom is 0.250 e. The van der Waals surface area contributed by atoms with Gasteiger partial charge in [-0.15, -0.1) is 5.10 Å². The molecule has 110 valence electrons. The number of aromatic nitrogens is 3. The van der Waals surface area contributed by atoms with Crippen molar-refractivity contribution in [3.05, 3.63) is 35.7 Å². The van der Waals surface area contributed by atoms with Crippen molar-refractivity contribution in [3.63, 3.8) is 0 Å². The van der Waals surface area contributed by atoms with Crippen LogP contribution in [-0.4, -0.2) is 32.2 Å². The summed E-state index contributed by atoms with van der Waals surface area (Å²) in [6.45, 7) is 3.52. The highest BCUT2D eigenvalue weighted by Gasteiger charge is 2.18. The molecule has 0 bridgehead atoms. The Labute approximate surface area is 125 Å². The first-order chi connectivity index (χ1) is 9.97. The fourth-order valence-electron chi connectivity index (χ4n) is 1.63. The number of amides is 2. The van der Waals surface area contributed by atoms with Gasteiger partial charge in [0, 0.05) is 0 Å². The number of anilines is 1. The zero-order valence-corrected chi connectivity index (χ0v) is 12.4. The third kappa shape index (κ3) is 3.82. The van der Waals surface area contributed by atoms with Crippen molar-refractivity contribution < 1.29 is 9.59 Å². The zero-order chi connectivity index (χ0) is 15.4. The van der Waals surface area contributed by atoms with Crippen molar-refractivity contribution in [2.75, 3.05) is 5.32 Å². The molecular weight excluding hydrogens is 290 g/mol. The Morgan fingerprint density at radius 3 is 2.71 bits per heavy atom. The van der Waals surface area contributed by atoms with Crippen molar-refractivity contribution in [1.82, 2.24) is 15.2 Å². The maximum atomic E-state index is 12.1. The number of nitrogens with one attached hydrogen (secondary N) is 2. The van der Waals surface area contributed by atoms with Crippen LogP contribution >= 0.6 is 11.8 Å². The van der Waals surface area contributed by atoms with Gasteiger partial charge < -0.3 is 11.1 Å². The lowest BCUT2D eigenvalue weighted by Crippen LogP contribution is -2.24. The van der Waals surface area contributed by atoms with Gasteiger partial charge in [0.2, 0.25) is 11.1 Å². The number of rotatable bonds is 5. The van der Waals surface area contributed by atoms with E-state index in [-0.39, 0.29) is 11.5 Å². The number of aromatic amines is 1. The molecule has 1 aromatic heterocycles. The molecule has 0 aliphatic carbocycles. The van der Waals surface area contributed by atoms with Gasteiger partial charge in [0.05, 0.1) is 16.5 Å². The number of hydrogen-bond donors (Lipinski definition) is 3. The molecule has 0 fully saturated rings. The molecule has 2 amide bonds. The highest BCUT2D eigenvalue weighted by molar-refractivity contribution is 8.00. The van der Waals surface area contributed by atoms with Gasteiger partial charge in [-0.3, -0.25) is 14.7 Å². The van der Waals surface area contributed by atoms with Gasteiger partial charge >= 0.3 is 0 Å². The van der Waals surface area contributed by atoms with Gasteiger partial charge in [-0.25, -0.2) is 4.98 Å². The number of thioether (sulfide) groups is 1. The molecular formula is C13H15N5O2S. The number of nitrogens with zero attached hydrogens (tertiary/aromatic N) is 2. The van der Waals surface area contributed by atoms with Gasteiger partial charge in [-0.05, 0) is 26.0 Å². The number of nitrogens with two attached hydrogens (primary N) is 1. The summed E-state index contributed by atoms with van der Waals surface area (Å²) in [5.74, 6) is -0.156. The summed E-state index contributed by atoms with van der Waals surface area (Å²) in [6.07, 6.45) is 0. The Kier molecular flexibility index (Phi) is 4.59. The quantitative estimate of drug-likeness (QED) is 0.721. The molecule has 1 atom stereocenters. The number of para-hydroxylation sites is 1. The molecule has 0 aliphatic rings. The first-order valence-electron chi connectivity index (χ1n) is 6.22. The summed E-state index contributed by atoms with van der Waals surface area (Å²) in [4.78, 5) is 27.6. The van der Waals surface area contributed by atoms with Gasteiger partial charge in [0.1, 0.15) is 5.82 Å². The molecule has 0 saturated carbocycles. The topological polar surface area (TPSA) is 114 Å². The fourth-order valence-corrected chi connectivity index (χ4v) is 2.40. The number of benzene rings is 1. The average Bonchev–Trinajstić information content (AvgIpc) is 2.84. The summed E-state index contributed by atoms with van der Waals surface area (Å²) in [6, 6.07) is 6.60. The van der Waals surface area contributed by atoms with Crippen LogP contribution in [0.3, 0.4) is 0 Å². The second-order valence-corrected chi connectivity index (χ2v) is 5.67. The van der Waals surface area contributed by atoms with Crippen LogP contribution in [0.25, 0.3) is 0 Å². The van der Waals surface area contributed by atoms with Gasteiger partial charge in [0.25, 0.3) is 5.91 Å². The molecule has 0 saturated heterocycles. The second kappa shape index (κ2) is 6.40. The Morgan fingerprint density at radius 1 is 1.38 bits per heavy atom. The predicted octanol–water partition coefficient (Wildman–Crippen LogP) is 1.33. The SMILES string of the molecule is Cc1nc(SC(C)C(=O)Nc2ccccc2C(N)=O)n[nH]1. The van der Waals surface area contributed by atoms with Crippen LogP contribution in [0.4, 0.5) is 5.69 Å². The van der Waals surface area contributed by atoms with E-state index in [9.17, 15) is 9.59 Å². The molecule has 1 aromatic carbocycles. The van der Waals surface area contributed by atoms with E-state index in [4.69, 9.17) is 5.73 Å². The largest absolute Gasteiger partial charge is 0.366 e. The first kappa shape index (κ1) is 15.0. The minimum atomic E-state index is -0.587. The molecule has 21 heavy (non-hydrogen) atoms. The van der Waals surface area contributed by atoms with Crippen LogP contribution in [0.1, 0.15) is 23.1 Å². The highest BCUT2D eigenvalue weighted by Crippen LogP contribution is 2.21. The van der Waals surface area contributed by atoms with Crippen molar-refractivity contribution in [1.29, 1.82) is 0 Å². The van der Waals surface area contributed by atoms with Crippen molar-refractivity contribution >= 4 is 29.3 Å². The van der Waals surface area contributed by atoms with Crippen molar-refractivity contribution in [3.8, 4) is 0 Å². The number of H-pyrrole nitrogens is 1. The van der Waals surface area contributed by atoms with Crippen molar-refractivity contribution in [2.45, 2.75) is 24.3 Å². The summed E-state index contributed by atoms with van der Waals surface area (Å²) in [7, 11) is 0. The average molecular weight is 305 g/mol. The predicted molar refractivity (Wildman–Crippen MR) is 80.0 cm³/mol. The van der Waals surface area contributed by atoms with E-state index in [1.54, 1.807) is 38.1 Å². The summed E-state index contributed by atoms with van der Waals surface area (Å²) in [5.41, 5.74) is 5.94. The van der Waals surface area contributed by atoms with E-state index in [1.165, 1.54) is 11.8 Å². The van der Waals surface area contributed by atoms with Gasteiger partial charge in [-0.1, -0.05) is 23.9 Å². The fraction of sp³-hybridized carbons (Fsp3) is 0.231. The van der Waals surface area contributed by atoms with E-state index in [0.717, 1.165) is 0 Å². The molecule has 1 unspecified atom stereocenters. The standard InChI is InChI=1S/C13H15N5O2S/c1-7(21-13-15-8(2)17-18-13)12(20)16-10-6-4-3-5-9(10)11(14)19/h3-7H,1-2H3,(H2,14,19)(H,16,20)(H,15,17,18). The Balaban J connectivity index is 2.05. The van der Waals surface area contributed by atoms with Crippen LogP contribution < -0.4 is 11.1 Å². The number of carbonyl (C=O) groups is 2. The molecule has 7 nitrogen and oxygen atoms in total. The second-order valence-electron chi connectivity index (χ2n) is 4.36. The lowest BCUT2D eigenvalue weighted by molar-refractivity contribution is -0.115. The molecule has 2 rings (SSSR count). The van der Waals surface area contributed by atoms with Crippen LogP contribution in [0.15, 0.2) is 29.4 Å². The van der Waals surface area contributed by atoms with Gasteiger partial charge in [0.15, 0.2) is 0 Å². The molecule has 8 heteroatoms. The van der Waals surface area contributed by atoms with Crippen LogP contribution in [0.5, 0.6) is 0 Å². The van der Waals surface area contributed by atoms with E-state index < -0.39 is 11.2 Å². The lowest BCUT2D eigenvalue weighted by atomic mass is 10.1. The van der Waals surface area contributed by atoms with Crippen LogP contribution in [0.2, 0.25) is 0 Å². The molecule has 0 spiro atoms. The minimum absolute atomic E-state index is 0.254. The third-order valence-electron chi connectivity index (χ3n) is 2.68. The molecule has 0 aliphatic heterocycles. The van der Waals surface area contributed by atoms with E-state index >= 15 is 0 Å². The van der Waals surface area contributed by atoms with Crippen LogP contribution in [-0.2, 0) is 4.79 Å². The third-order valence-corrected chi connectivity index (χ3v) is 3.64. The van der Waals surface area contributed by atoms with E-state index in [1.807, 2.05) is 0 Å². The number of hydrogen-bond acceptors (Lipinski definition) is 5. The maximum absolute atomic E-state index is 12.1. The monoisotopic (exact) mass is 305 g/mol. The lowest BCUT2D eigenvalue weighted by Gasteiger charge is -2.12. The highest BCUT2D eigenvalue weighted by atomic mass is 32.2. The summed E-state index contributed by atoms with van der Waals surface area (Å²) < 4.78 is 0. The Bertz CT molecular complexity index is 670. The smallest absolute Gasteiger partial charge is 0.250 e. The van der Waals surface area contributed by atoms with Crippen LogP contribution in [0, 0.1) is 6.92 Å². The summed E-state index contributed by atoms with van der Waals surface area (Å²) in [5, 5.41) is 9.45. The Morgan fingerprint density at radius 2 is 2.10 bits per heavy atom. The molecule has 4 N–H and O–H groups in total. The van der Waals surface area contributed by atoms with E-state index in [0.29, 0.717) is 16.7 Å². The molecule has 2 aromatic rings. The zero-order valence-electron chi connectivity index (χ0n) is 11.6.